The topological polar surface area (TPSA) is 87.3 Å². The van der Waals surface area contributed by atoms with Crippen LogP contribution < -0.4 is 15.4 Å². The van der Waals surface area contributed by atoms with Crippen LogP contribution in [0.5, 0.6) is 0 Å². The van der Waals surface area contributed by atoms with E-state index in [0.717, 1.165) is 0 Å². The van der Waals surface area contributed by atoms with Crippen molar-refractivity contribution in [3.63, 3.8) is 0 Å². The summed E-state index contributed by atoms with van der Waals surface area (Å²) in [6.07, 6.45) is -0.654. The highest BCUT2D eigenvalue weighted by molar-refractivity contribution is 7.89. The first-order valence-electron chi connectivity index (χ1n) is 8.89. The summed E-state index contributed by atoms with van der Waals surface area (Å²) in [7, 11) is -3.64. The lowest BCUT2D eigenvalue weighted by Crippen LogP contribution is -2.38. The molecule has 1 unspecified atom stereocenters. The van der Waals surface area contributed by atoms with Gasteiger partial charge in [0.15, 0.2) is 0 Å². The number of carbonyl (C=O) groups excluding carboxylic acids is 1. The molecule has 29 heavy (non-hydrogen) atoms. The fraction of sp³-hybridized carbons (Fsp3) is 0.0952. The summed E-state index contributed by atoms with van der Waals surface area (Å²) in [4.78, 5) is 12.6. The molecule has 0 bridgehead atoms. The molecule has 4 rings (SSSR count). The number of hydrogen-bond acceptors (Lipinski definition) is 4. The van der Waals surface area contributed by atoms with Crippen LogP contribution in [0.3, 0.4) is 0 Å². The van der Waals surface area contributed by atoms with E-state index in [-0.39, 0.29) is 10.8 Å². The second-order valence-corrected chi connectivity index (χ2v) is 8.42. The zero-order chi connectivity index (χ0) is 20.6. The van der Waals surface area contributed by atoms with Crippen molar-refractivity contribution in [1.82, 2.24) is 4.72 Å². The van der Waals surface area contributed by atoms with E-state index in [1.807, 2.05) is 0 Å². The molecule has 0 aliphatic carbocycles. The third-order valence-electron chi connectivity index (χ3n) is 4.69. The Labute approximate surface area is 167 Å². The Morgan fingerprint density at radius 3 is 2.48 bits per heavy atom. The van der Waals surface area contributed by atoms with Gasteiger partial charge < -0.3 is 10.6 Å². The maximum Gasteiger partial charge on any atom is 0.255 e. The fourth-order valence-corrected chi connectivity index (χ4v) is 4.38. The van der Waals surface area contributed by atoms with Crippen LogP contribution in [0.15, 0.2) is 71.6 Å². The maximum atomic E-state index is 13.6. The minimum atomic E-state index is -3.64. The van der Waals surface area contributed by atoms with Crippen LogP contribution in [-0.4, -0.2) is 14.3 Å². The first-order valence-corrected chi connectivity index (χ1v) is 10.4. The van der Waals surface area contributed by atoms with E-state index in [9.17, 15) is 17.6 Å². The van der Waals surface area contributed by atoms with Gasteiger partial charge in [-0.05, 0) is 54.4 Å². The number of carbonyl (C=O) groups is 1. The smallest absolute Gasteiger partial charge is 0.255 e. The van der Waals surface area contributed by atoms with Crippen molar-refractivity contribution in [2.45, 2.75) is 18.0 Å². The predicted octanol–water partition coefficient (Wildman–Crippen LogP) is 3.79. The van der Waals surface area contributed by atoms with Gasteiger partial charge in [0.2, 0.25) is 10.0 Å². The van der Waals surface area contributed by atoms with E-state index in [4.69, 9.17) is 0 Å². The number of nitrogens with one attached hydrogen (secondary N) is 3. The first-order chi connectivity index (χ1) is 13.8. The lowest BCUT2D eigenvalue weighted by atomic mass is 10.1. The van der Waals surface area contributed by atoms with E-state index in [1.165, 1.54) is 12.1 Å². The highest BCUT2D eigenvalue weighted by Gasteiger charge is 2.29. The van der Waals surface area contributed by atoms with Crippen molar-refractivity contribution in [3.8, 4) is 0 Å². The maximum absolute atomic E-state index is 13.6. The Bertz CT molecular complexity index is 1190. The zero-order valence-corrected chi connectivity index (χ0v) is 16.3. The van der Waals surface area contributed by atoms with Gasteiger partial charge in [-0.15, -0.1) is 0 Å². The van der Waals surface area contributed by atoms with Gasteiger partial charge in [-0.25, -0.2) is 12.8 Å². The molecule has 1 aliphatic heterocycles. The first kappa shape index (κ1) is 19.1. The number of rotatable bonds is 3. The zero-order valence-electron chi connectivity index (χ0n) is 15.4. The number of sulfonamides is 1. The van der Waals surface area contributed by atoms with Gasteiger partial charge in [0.05, 0.1) is 5.69 Å². The second kappa shape index (κ2) is 7.31. The third-order valence-corrected chi connectivity index (χ3v) is 6.17. The lowest BCUT2D eigenvalue weighted by molar-refractivity contribution is 0.102. The van der Waals surface area contributed by atoms with Gasteiger partial charge >= 0.3 is 0 Å². The van der Waals surface area contributed by atoms with Crippen molar-refractivity contribution < 1.29 is 17.6 Å². The van der Waals surface area contributed by atoms with Crippen LogP contribution >= 0.6 is 0 Å². The van der Waals surface area contributed by atoms with Crippen molar-refractivity contribution in [2.24, 2.45) is 0 Å². The largest absolute Gasteiger partial charge is 0.364 e. The number of anilines is 2. The molecule has 3 N–H and O–H groups in total. The molecule has 1 aliphatic rings. The van der Waals surface area contributed by atoms with E-state index in [1.54, 1.807) is 61.5 Å². The molecule has 0 saturated carbocycles. The quantitative estimate of drug-likeness (QED) is 0.612. The van der Waals surface area contributed by atoms with Gasteiger partial charge in [0.1, 0.15) is 16.9 Å². The second-order valence-electron chi connectivity index (χ2n) is 6.73. The molecular weight excluding hydrogens is 393 g/mol. The molecule has 3 aromatic rings. The number of halogens is 1. The van der Waals surface area contributed by atoms with E-state index < -0.39 is 22.0 Å². The van der Waals surface area contributed by atoms with E-state index >= 15 is 0 Å². The minimum absolute atomic E-state index is 0.192. The Morgan fingerprint density at radius 2 is 1.76 bits per heavy atom. The molecule has 0 radical (unpaired) electrons. The summed E-state index contributed by atoms with van der Waals surface area (Å²) < 4.78 is 41.1. The van der Waals surface area contributed by atoms with Crippen LogP contribution in [0.4, 0.5) is 15.8 Å². The van der Waals surface area contributed by atoms with Crippen molar-refractivity contribution in [2.75, 3.05) is 10.6 Å². The van der Waals surface area contributed by atoms with Gasteiger partial charge in [-0.2, -0.15) is 4.72 Å². The van der Waals surface area contributed by atoms with E-state index in [0.29, 0.717) is 28.1 Å². The summed E-state index contributed by atoms with van der Waals surface area (Å²) in [6, 6.07) is 17.6. The molecule has 0 spiro atoms. The van der Waals surface area contributed by atoms with Gasteiger partial charge in [0.25, 0.3) is 5.91 Å². The molecule has 8 heteroatoms. The lowest BCUT2D eigenvalue weighted by Gasteiger charge is -2.28. The number of fused-ring (bicyclic) bond motifs is 1. The number of amides is 1. The van der Waals surface area contributed by atoms with Crippen LogP contribution in [0.2, 0.25) is 0 Å². The summed E-state index contributed by atoms with van der Waals surface area (Å²) in [6.45, 7) is 1.64. The predicted molar refractivity (Wildman–Crippen MR) is 109 cm³/mol. The SMILES string of the molecule is Cc1ccc(NC(=O)c2ccc(C3Nc4ccccc4S(=O)(=O)N3)cc2)cc1F. The number of hydrogen-bond donors (Lipinski definition) is 3. The van der Waals surface area contributed by atoms with Crippen LogP contribution in [0.1, 0.15) is 27.7 Å². The summed E-state index contributed by atoms with van der Waals surface area (Å²) in [5, 5.41) is 5.78. The average Bonchev–Trinajstić information content (AvgIpc) is 2.70. The Hall–Kier alpha value is -3.23. The monoisotopic (exact) mass is 411 g/mol. The molecular formula is C21H18FN3O3S. The highest BCUT2D eigenvalue weighted by Crippen LogP contribution is 2.30. The number of benzene rings is 3. The number of para-hydroxylation sites is 1. The van der Waals surface area contributed by atoms with Crippen molar-refractivity contribution in [1.29, 1.82) is 0 Å². The molecule has 0 aromatic heterocycles. The van der Waals surface area contributed by atoms with Crippen molar-refractivity contribution >= 4 is 27.3 Å². The summed E-state index contributed by atoms with van der Waals surface area (Å²) in [5.41, 5.74) is 2.39. The summed E-state index contributed by atoms with van der Waals surface area (Å²) in [5.74, 6) is -0.781. The minimum Gasteiger partial charge on any atom is -0.364 e. The molecule has 1 atom stereocenters. The molecule has 1 heterocycles. The molecule has 3 aromatic carbocycles. The molecule has 0 saturated heterocycles. The highest BCUT2D eigenvalue weighted by atomic mass is 32.2. The third kappa shape index (κ3) is 3.85. The molecule has 6 nitrogen and oxygen atoms in total. The Morgan fingerprint density at radius 1 is 1.03 bits per heavy atom. The van der Waals surface area contributed by atoms with Crippen molar-refractivity contribution in [3.05, 3.63) is 89.2 Å². The standard InChI is InChI=1S/C21H18FN3O3S/c1-13-6-11-16(12-17(13)22)23-21(26)15-9-7-14(8-10-15)20-24-18-4-2-3-5-19(18)29(27,28)25-20/h2-12,20,24-25H,1H3,(H,23,26). The molecule has 0 fully saturated rings. The average molecular weight is 411 g/mol. The Kier molecular flexibility index (Phi) is 4.81. The van der Waals surface area contributed by atoms with Crippen LogP contribution in [0.25, 0.3) is 0 Å². The van der Waals surface area contributed by atoms with E-state index in [2.05, 4.69) is 15.4 Å². The normalized spacial score (nSPS) is 17.1. The fourth-order valence-electron chi connectivity index (χ4n) is 3.08. The number of aryl methyl sites for hydroxylation is 1. The summed E-state index contributed by atoms with van der Waals surface area (Å²) >= 11 is 0. The van der Waals surface area contributed by atoms with Crippen LogP contribution in [0, 0.1) is 12.7 Å². The molecule has 1 amide bonds. The van der Waals surface area contributed by atoms with Gasteiger partial charge in [-0.3, -0.25) is 4.79 Å². The molecule has 148 valence electrons. The van der Waals surface area contributed by atoms with Gasteiger partial charge in [0, 0.05) is 11.3 Å². The van der Waals surface area contributed by atoms with Crippen LogP contribution in [-0.2, 0) is 10.0 Å². The van der Waals surface area contributed by atoms with Gasteiger partial charge in [-0.1, -0.05) is 30.3 Å². The Balaban J connectivity index is 1.52.